The second-order valence-corrected chi connectivity index (χ2v) is 12.8. The quantitative estimate of drug-likeness (QED) is 0.172. The van der Waals surface area contributed by atoms with E-state index in [1.807, 2.05) is 0 Å². The number of fused-ring (bicyclic) bond motifs is 22. The third-order valence-corrected chi connectivity index (χ3v) is 10.7. The number of hydrogen-bond acceptors (Lipinski definition) is 2. The molecule has 11 rings (SSSR count). The molecule has 46 heavy (non-hydrogen) atoms. The zero-order valence-corrected chi connectivity index (χ0v) is 25.1. The second-order valence-electron chi connectivity index (χ2n) is 12.8. The lowest BCUT2D eigenvalue weighted by molar-refractivity contribution is 1.34. The molecule has 0 aromatic heterocycles. The van der Waals surface area contributed by atoms with E-state index in [-0.39, 0.29) is 13.7 Å². The topological polar surface area (TPSA) is 6.48 Å². The lowest BCUT2D eigenvalue weighted by Gasteiger charge is -2.46. The van der Waals surface area contributed by atoms with Gasteiger partial charge in [0.2, 0.25) is 0 Å². The second kappa shape index (κ2) is 8.93. The van der Waals surface area contributed by atoms with Crippen LogP contribution in [0.3, 0.4) is 0 Å². The molecule has 0 aliphatic carbocycles. The number of hydrogen-bond donors (Lipinski definition) is 0. The van der Waals surface area contributed by atoms with Gasteiger partial charge in [0.15, 0.2) is 0 Å². The minimum absolute atomic E-state index is 0.0749. The zero-order valence-electron chi connectivity index (χ0n) is 25.1. The van der Waals surface area contributed by atoms with Gasteiger partial charge in [-0.1, -0.05) is 133 Å². The van der Waals surface area contributed by atoms with Crippen LogP contribution in [0.5, 0.6) is 0 Å². The Hall–Kier alpha value is -5.73. The maximum Gasteiger partial charge on any atom is 0.329 e. The van der Waals surface area contributed by atoms with E-state index in [1.54, 1.807) is 0 Å². The summed E-state index contributed by atoms with van der Waals surface area (Å²) in [7, 11) is 0. The summed E-state index contributed by atoms with van der Waals surface area (Å²) < 4.78 is 0. The van der Waals surface area contributed by atoms with E-state index >= 15 is 0 Å². The van der Waals surface area contributed by atoms with Crippen molar-refractivity contribution in [1.29, 1.82) is 0 Å². The molecule has 0 N–H and O–H groups in total. The SMILES string of the molecule is c1ccc2c(c1)B1c3cc4c(cc3-c3ccccc3N1c1ccccc1-2)B1c2ccccc2-c2ccccc2N1c1ccccc1-4. The zero-order chi connectivity index (χ0) is 29.9. The van der Waals surface area contributed by atoms with Crippen molar-refractivity contribution in [2.45, 2.75) is 0 Å². The monoisotopic (exact) mass is 580 g/mol. The summed E-state index contributed by atoms with van der Waals surface area (Å²) in [5.41, 5.74) is 21.0. The molecule has 0 bridgehead atoms. The molecule has 0 atom stereocenters. The summed E-state index contributed by atoms with van der Waals surface area (Å²) in [6.45, 7) is 0.150. The highest BCUT2D eigenvalue weighted by atomic mass is 15.1. The van der Waals surface area contributed by atoms with Crippen molar-refractivity contribution in [2.75, 3.05) is 9.62 Å². The summed E-state index contributed by atoms with van der Waals surface area (Å²) >= 11 is 0. The van der Waals surface area contributed by atoms with E-state index in [4.69, 9.17) is 0 Å². The fourth-order valence-corrected chi connectivity index (χ4v) is 8.87. The van der Waals surface area contributed by atoms with Crippen molar-refractivity contribution in [1.82, 2.24) is 0 Å². The fourth-order valence-electron chi connectivity index (χ4n) is 8.87. The van der Waals surface area contributed by atoms with Gasteiger partial charge in [-0.3, -0.25) is 0 Å². The molecule has 0 spiro atoms. The van der Waals surface area contributed by atoms with Crippen molar-refractivity contribution in [2.24, 2.45) is 0 Å². The van der Waals surface area contributed by atoms with Gasteiger partial charge in [0.25, 0.3) is 0 Å². The third-order valence-electron chi connectivity index (χ3n) is 10.7. The molecule has 4 heteroatoms. The standard InChI is InChI=1S/C42H26B2N2/c1-7-19-35-27(13-1)29-15-3-9-21-39(29)45-41-23-11-5-17-31(41)33-26-38-34(25-37(33)43(35)45)32-18-6-12-24-42(32)46-40-22-10-4-16-30(40)28-14-2-8-20-36(28)44(38)46/h1-26H. The molecule has 0 saturated carbocycles. The molecule has 4 aliphatic heterocycles. The van der Waals surface area contributed by atoms with Crippen LogP contribution in [0.25, 0.3) is 44.5 Å². The van der Waals surface area contributed by atoms with Gasteiger partial charge in [-0.2, -0.15) is 0 Å². The van der Waals surface area contributed by atoms with Crippen LogP contribution in [0.15, 0.2) is 158 Å². The van der Waals surface area contributed by atoms with Crippen molar-refractivity contribution < 1.29 is 0 Å². The molecular formula is C42H26B2N2. The molecule has 0 radical (unpaired) electrons. The number of anilines is 4. The minimum atomic E-state index is 0.0749. The Morgan fingerprint density at radius 2 is 0.543 bits per heavy atom. The van der Waals surface area contributed by atoms with Gasteiger partial charge in [-0.25, -0.2) is 0 Å². The highest BCUT2D eigenvalue weighted by molar-refractivity contribution is 6.94. The summed E-state index contributed by atoms with van der Waals surface area (Å²) in [6, 6.07) is 59.0. The van der Waals surface area contributed by atoms with Gasteiger partial charge in [-0.15, -0.1) is 0 Å². The van der Waals surface area contributed by atoms with Crippen molar-refractivity contribution in [3.8, 4) is 44.5 Å². The summed E-state index contributed by atoms with van der Waals surface area (Å²) in [6.07, 6.45) is 0. The first kappa shape index (κ1) is 24.6. The molecule has 7 aromatic carbocycles. The average molecular weight is 580 g/mol. The predicted molar refractivity (Wildman–Crippen MR) is 195 cm³/mol. The normalized spacial score (nSPS) is 13.9. The summed E-state index contributed by atoms with van der Waals surface area (Å²) in [5, 5.41) is 0. The summed E-state index contributed by atoms with van der Waals surface area (Å²) in [5.74, 6) is 0. The lowest BCUT2D eigenvalue weighted by atomic mass is 9.40. The van der Waals surface area contributed by atoms with Gasteiger partial charge in [0, 0.05) is 45.0 Å². The first-order chi connectivity index (χ1) is 22.9. The predicted octanol–water partition coefficient (Wildman–Crippen LogP) is 7.50. The summed E-state index contributed by atoms with van der Waals surface area (Å²) in [4.78, 5) is 5.18. The number of nitrogens with zero attached hydrogens (tertiary/aromatic N) is 2. The molecule has 0 unspecified atom stereocenters. The molecule has 2 nitrogen and oxygen atoms in total. The maximum atomic E-state index is 2.59. The molecule has 7 aromatic rings. The van der Waals surface area contributed by atoms with E-state index in [1.165, 1.54) is 89.1 Å². The maximum absolute atomic E-state index is 2.59. The van der Waals surface area contributed by atoms with E-state index in [0.717, 1.165) is 0 Å². The van der Waals surface area contributed by atoms with Crippen LogP contribution in [0.1, 0.15) is 0 Å². The molecule has 4 heterocycles. The molecule has 0 amide bonds. The molecule has 4 aliphatic rings. The molecule has 210 valence electrons. The lowest BCUT2D eigenvalue weighted by Crippen LogP contribution is -2.62. The molecular weight excluding hydrogens is 554 g/mol. The van der Waals surface area contributed by atoms with Crippen LogP contribution in [-0.2, 0) is 0 Å². The first-order valence-electron chi connectivity index (χ1n) is 16.2. The Morgan fingerprint density at radius 1 is 0.261 bits per heavy atom. The smallest absolute Gasteiger partial charge is 0.329 e. The van der Waals surface area contributed by atoms with Gasteiger partial charge in [0.05, 0.1) is 0 Å². The van der Waals surface area contributed by atoms with Crippen LogP contribution in [0.4, 0.5) is 22.7 Å². The third kappa shape index (κ3) is 3.04. The van der Waals surface area contributed by atoms with E-state index in [2.05, 4.69) is 167 Å². The van der Waals surface area contributed by atoms with Crippen molar-refractivity contribution in [3.05, 3.63) is 158 Å². The van der Waals surface area contributed by atoms with E-state index in [0.29, 0.717) is 0 Å². The fraction of sp³-hybridized carbons (Fsp3) is 0. The highest BCUT2D eigenvalue weighted by Crippen LogP contribution is 2.49. The van der Waals surface area contributed by atoms with Crippen LogP contribution < -0.4 is 31.5 Å². The van der Waals surface area contributed by atoms with Crippen molar-refractivity contribution in [3.63, 3.8) is 0 Å². The number of rotatable bonds is 0. The number of benzene rings is 7. The van der Waals surface area contributed by atoms with Gasteiger partial charge < -0.3 is 9.62 Å². The largest absolute Gasteiger partial charge is 0.376 e. The average Bonchev–Trinajstić information content (AvgIpc) is 3.14. The first-order valence-corrected chi connectivity index (χ1v) is 16.2. The Kier molecular flexibility index (Phi) is 4.77. The Morgan fingerprint density at radius 3 is 0.913 bits per heavy atom. The van der Waals surface area contributed by atoms with Crippen LogP contribution in [-0.4, -0.2) is 13.7 Å². The van der Waals surface area contributed by atoms with Crippen LogP contribution in [0.2, 0.25) is 0 Å². The Labute approximate surface area is 269 Å². The Balaban J connectivity index is 1.25. The van der Waals surface area contributed by atoms with E-state index < -0.39 is 0 Å². The Bertz CT molecular complexity index is 2260. The highest BCUT2D eigenvalue weighted by Gasteiger charge is 2.46. The van der Waals surface area contributed by atoms with Crippen LogP contribution >= 0.6 is 0 Å². The molecule has 0 fully saturated rings. The van der Waals surface area contributed by atoms with Crippen molar-refractivity contribution >= 4 is 58.3 Å². The van der Waals surface area contributed by atoms with Gasteiger partial charge in [-0.05, 0) is 68.4 Å². The number of para-hydroxylation sites is 4. The minimum Gasteiger partial charge on any atom is -0.376 e. The molecule has 0 saturated heterocycles. The van der Waals surface area contributed by atoms with Crippen LogP contribution in [0, 0.1) is 0 Å². The van der Waals surface area contributed by atoms with E-state index in [9.17, 15) is 0 Å². The van der Waals surface area contributed by atoms with Gasteiger partial charge in [0.1, 0.15) is 0 Å². The van der Waals surface area contributed by atoms with Gasteiger partial charge >= 0.3 is 13.7 Å².